The molecule has 6 nitrogen and oxygen atoms in total. The summed E-state index contributed by atoms with van der Waals surface area (Å²) < 4.78 is 5.26. The quantitative estimate of drug-likeness (QED) is 0.382. The number of carbonyl (C=O) groups is 2. The lowest BCUT2D eigenvalue weighted by Crippen LogP contribution is -2.32. The molecule has 3 rings (SSSR count). The van der Waals surface area contributed by atoms with Crippen molar-refractivity contribution in [3.63, 3.8) is 0 Å². The molecule has 1 amide bonds. The van der Waals surface area contributed by atoms with Crippen LogP contribution in [0.2, 0.25) is 0 Å². The Morgan fingerprint density at radius 1 is 1.12 bits per heavy atom. The molecule has 2 aromatic rings. The first-order valence-electron chi connectivity index (χ1n) is 10.9. The highest BCUT2D eigenvalue weighted by molar-refractivity contribution is 6.46. The van der Waals surface area contributed by atoms with Gasteiger partial charge in [0.1, 0.15) is 11.5 Å². The number of hydrogen-bond acceptors (Lipinski definition) is 5. The predicted octanol–water partition coefficient (Wildman–Crippen LogP) is 4.19. The minimum Gasteiger partial charge on any atom is -0.507 e. The number of likely N-dealkylation sites (tertiary alicyclic amines) is 1. The van der Waals surface area contributed by atoms with Crippen LogP contribution in [0.5, 0.6) is 5.75 Å². The summed E-state index contributed by atoms with van der Waals surface area (Å²) in [7, 11) is 5.48. The van der Waals surface area contributed by atoms with Crippen LogP contribution < -0.4 is 4.74 Å². The third-order valence-corrected chi connectivity index (χ3v) is 5.81. The fourth-order valence-electron chi connectivity index (χ4n) is 4.00. The molecule has 0 radical (unpaired) electrons. The van der Waals surface area contributed by atoms with Gasteiger partial charge in [-0.25, -0.2) is 0 Å². The van der Waals surface area contributed by atoms with E-state index in [0.29, 0.717) is 23.8 Å². The normalized spacial score (nSPS) is 18.1. The lowest BCUT2D eigenvalue weighted by molar-refractivity contribution is -0.139. The van der Waals surface area contributed by atoms with E-state index in [1.807, 2.05) is 43.3 Å². The van der Waals surface area contributed by atoms with Gasteiger partial charge in [-0.3, -0.25) is 9.59 Å². The molecule has 1 unspecified atom stereocenters. The maximum atomic E-state index is 13.1. The zero-order chi connectivity index (χ0) is 23.4. The molecule has 1 atom stereocenters. The number of nitrogens with zero attached hydrogens (tertiary/aromatic N) is 2. The third kappa shape index (κ3) is 4.86. The van der Waals surface area contributed by atoms with Crippen LogP contribution in [0.25, 0.3) is 5.76 Å². The molecule has 1 N–H and O–H groups in total. The molecular formula is C26H32N2O4. The Labute approximate surface area is 190 Å². The second kappa shape index (κ2) is 10.0. The van der Waals surface area contributed by atoms with Crippen molar-refractivity contribution in [2.75, 3.05) is 34.3 Å². The number of aliphatic hydroxyl groups excluding tert-OH is 1. The molecule has 1 fully saturated rings. The second-order valence-electron chi connectivity index (χ2n) is 8.70. The van der Waals surface area contributed by atoms with E-state index < -0.39 is 17.7 Å². The van der Waals surface area contributed by atoms with Crippen molar-refractivity contribution in [2.45, 2.75) is 32.2 Å². The Balaban J connectivity index is 2.09. The van der Waals surface area contributed by atoms with Crippen LogP contribution in [0, 0.1) is 0 Å². The molecule has 0 bridgehead atoms. The van der Waals surface area contributed by atoms with E-state index in [-0.39, 0.29) is 11.3 Å². The highest BCUT2D eigenvalue weighted by Gasteiger charge is 2.45. The Morgan fingerprint density at radius 3 is 2.41 bits per heavy atom. The molecule has 1 saturated heterocycles. The number of hydrogen-bond donors (Lipinski definition) is 1. The number of carbonyl (C=O) groups excluding carboxylic acids is 2. The van der Waals surface area contributed by atoms with Crippen LogP contribution in [0.1, 0.15) is 48.9 Å². The van der Waals surface area contributed by atoms with Gasteiger partial charge in [-0.1, -0.05) is 50.2 Å². The molecule has 6 heteroatoms. The summed E-state index contributed by atoms with van der Waals surface area (Å²) in [5.41, 5.74) is 2.54. The van der Waals surface area contributed by atoms with E-state index in [1.165, 1.54) is 5.56 Å². The Morgan fingerprint density at radius 2 is 1.81 bits per heavy atom. The molecule has 2 aromatic carbocycles. The average molecular weight is 437 g/mol. The van der Waals surface area contributed by atoms with Crippen molar-refractivity contribution in [1.82, 2.24) is 9.80 Å². The minimum atomic E-state index is -0.659. The van der Waals surface area contributed by atoms with Crippen molar-refractivity contribution in [2.24, 2.45) is 0 Å². The average Bonchev–Trinajstić information content (AvgIpc) is 3.03. The molecule has 32 heavy (non-hydrogen) atoms. The number of amides is 1. The van der Waals surface area contributed by atoms with E-state index in [9.17, 15) is 14.7 Å². The van der Waals surface area contributed by atoms with Gasteiger partial charge in [0.25, 0.3) is 11.7 Å². The maximum absolute atomic E-state index is 13.1. The van der Waals surface area contributed by atoms with E-state index in [0.717, 1.165) is 18.5 Å². The lowest BCUT2D eigenvalue weighted by Gasteiger charge is -2.26. The fraction of sp³-hybridized carbons (Fsp3) is 0.385. The van der Waals surface area contributed by atoms with Crippen molar-refractivity contribution in [3.8, 4) is 5.75 Å². The monoisotopic (exact) mass is 436 g/mol. The molecule has 0 aliphatic carbocycles. The largest absolute Gasteiger partial charge is 0.507 e. The summed E-state index contributed by atoms with van der Waals surface area (Å²) >= 11 is 0. The first-order valence-corrected chi connectivity index (χ1v) is 10.9. The van der Waals surface area contributed by atoms with E-state index in [4.69, 9.17) is 4.74 Å². The van der Waals surface area contributed by atoms with Crippen LogP contribution in [0.3, 0.4) is 0 Å². The second-order valence-corrected chi connectivity index (χ2v) is 8.70. The first kappa shape index (κ1) is 23.5. The van der Waals surface area contributed by atoms with E-state index >= 15 is 0 Å². The third-order valence-electron chi connectivity index (χ3n) is 5.81. The number of methoxy groups -OCH3 is 1. The van der Waals surface area contributed by atoms with E-state index in [2.05, 4.69) is 13.8 Å². The zero-order valence-electron chi connectivity index (χ0n) is 19.5. The van der Waals surface area contributed by atoms with Crippen LogP contribution in [0.4, 0.5) is 0 Å². The van der Waals surface area contributed by atoms with Crippen LogP contribution >= 0.6 is 0 Å². The Hall–Kier alpha value is -3.12. The molecular weight excluding hydrogens is 404 g/mol. The van der Waals surface area contributed by atoms with Gasteiger partial charge in [-0.2, -0.15) is 0 Å². The summed E-state index contributed by atoms with van der Waals surface area (Å²) in [6.45, 7) is 5.45. The zero-order valence-corrected chi connectivity index (χ0v) is 19.5. The Bertz CT molecular complexity index is 1010. The van der Waals surface area contributed by atoms with Crippen LogP contribution in [-0.4, -0.2) is 60.9 Å². The van der Waals surface area contributed by atoms with Crippen LogP contribution in [0.15, 0.2) is 54.1 Å². The van der Waals surface area contributed by atoms with Crippen molar-refractivity contribution in [1.29, 1.82) is 0 Å². The van der Waals surface area contributed by atoms with Gasteiger partial charge in [-0.15, -0.1) is 0 Å². The number of benzene rings is 2. The number of ketones is 1. The topological polar surface area (TPSA) is 70.1 Å². The fourth-order valence-corrected chi connectivity index (χ4v) is 4.00. The summed E-state index contributed by atoms with van der Waals surface area (Å²) in [6.07, 6.45) is 0.722. The number of aliphatic hydroxyl groups is 1. The van der Waals surface area contributed by atoms with Crippen LogP contribution in [-0.2, 0) is 9.59 Å². The van der Waals surface area contributed by atoms with Gasteiger partial charge in [-0.05, 0) is 56.2 Å². The summed E-state index contributed by atoms with van der Waals surface area (Å²) in [5.74, 6) is -0.492. The van der Waals surface area contributed by atoms with Gasteiger partial charge in [0.2, 0.25) is 0 Å². The summed E-state index contributed by atoms with van der Waals surface area (Å²) in [4.78, 5) is 29.7. The molecule has 1 aliphatic rings. The highest BCUT2D eigenvalue weighted by Crippen LogP contribution is 2.40. The SMILES string of the molecule is COc1cccc(C(O)=C2C(=O)C(=O)N(CCCN(C)C)C2c2ccc(C(C)C)cc2)c1. The molecule has 0 aromatic heterocycles. The molecule has 1 heterocycles. The molecule has 1 aliphatic heterocycles. The van der Waals surface area contributed by atoms with Gasteiger partial charge in [0, 0.05) is 12.1 Å². The van der Waals surface area contributed by atoms with Gasteiger partial charge >= 0.3 is 0 Å². The maximum Gasteiger partial charge on any atom is 0.295 e. The molecule has 170 valence electrons. The smallest absolute Gasteiger partial charge is 0.295 e. The summed E-state index contributed by atoms with van der Waals surface area (Å²) in [6, 6.07) is 14.2. The van der Waals surface area contributed by atoms with Crippen molar-refractivity contribution in [3.05, 3.63) is 70.8 Å². The lowest BCUT2D eigenvalue weighted by atomic mass is 9.93. The number of ether oxygens (including phenoxy) is 1. The van der Waals surface area contributed by atoms with Crippen molar-refractivity contribution < 1.29 is 19.4 Å². The number of rotatable bonds is 8. The van der Waals surface area contributed by atoms with Crippen molar-refractivity contribution >= 4 is 17.4 Å². The predicted molar refractivity (Wildman–Crippen MR) is 126 cm³/mol. The molecule has 0 spiro atoms. The first-order chi connectivity index (χ1) is 15.2. The van der Waals surface area contributed by atoms with Gasteiger partial charge in [0.15, 0.2) is 0 Å². The summed E-state index contributed by atoms with van der Waals surface area (Å²) in [5, 5.41) is 11.2. The van der Waals surface area contributed by atoms with Gasteiger partial charge < -0.3 is 19.6 Å². The Kier molecular flexibility index (Phi) is 7.36. The minimum absolute atomic E-state index is 0.116. The number of Topliss-reactive ketones (excluding diaryl/α,β-unsaturated/α-hetero) is 1. The highest BCUT2D eigenvalue weighted by atomic mass is 16.5. The van der Waals surface area contributed by atoms with E-state index in [1.54, 1.807) is 36.3 Å². The van der Waals surface area contributed by atoms with Gasteiger partial charge in [0.05, 0.1) is 18.7 Å². The molecule has 0 saturated carbocycles. The standard InChI is InChI=1S/C26H32N2O4/c1-17(2)18-10-12-19(13-11-18)23-22(24(29)20-8-6-9-21(16-20)32-5)25(30)26(31)28(23)15-7-14-27(3)4/h6,8-13,16-17,23,29H,7,14-15H2,1-5H3.